The molecule has 3 atom stereocenters. The molecule has 3 N–H and O–H groups in total. The minimum atomic E-state index is -4.36. The van der Waals surface area contributed by atoms with Crippen molar-refractivity contribution >= 4 is 13.7 Å². The standard InChI is InChI=1S/C64H125N2O6P/c1-6-8-10-12-14-16-18-20-22-24-26-28-29-30-31-32-33-34-35-36-37-38-39-41-43-45-47-49-51-53-55-57-63(67)62(61-72-73(69,70)71-60-59-66(3,4)5)65-64(68)58-56-54-52-50-48-46-44-42-40-27-25-23-21-19-17-15-13-11-9-7-2/h39,41,47,49,55,57,62-63,67H,6-38,40,42-46,48,50-54,56,58-61H2,1-5H3,(H-,65,68,69,70)/p+1/b41-39+,49-47+,57-55+. The molecular weight excluding hydrogens is 924 g/mol. The highest BCUT2D eigenvalue weighted by atomic mass is 31.2. The Bertz CT molecular complexity index is 1280. The lowest BCUT2D eigenvalue weighted by Gasteiger charge is -2.25. The van der Waals surface area contributed by atoms with E-state index in [4.69, 9.17) is 9.05 Å². The molecule has 0 saturated heterocycles. The Morgan fingerprint density at radius 2 is 0.753 bits per heavy atom. The van der Waals surface area contributed by atoms with E-state index in [1.165, 1.54) is 250 Å². The second-order valence-corrected chi connectivity index (χ2v) is 24.6. The van der Waals surface area contributed by atoms with E-state index in [9.17, 15) is 19.4 Å². The summed E-state index contributed by atoms with van der Waals surface area (Å²) in [5.74, 6) is -0.185. The molecule has 0 rings (SSSR count). The van der Waals surface area contributed by atoms with Crippen LogP contribution in [-0.4, -0.2) is 73.4 Å². The number of rotatable bonds is 59. The van der Waals surface area contributed by atoms with Crippen LogP contribution < -0.4 is 5.32 Å². The number of allylic oxidation sites excluding steroid dienone is 5. The molecular formula is C64H126N2O6P+. The summed E-state index contributed by atoms with van der Waals surface area (Å²) in [5, 5.41) is 13.9. The smallest absolute Gasteiger partial charge is 0.387 e. The first-order valence-corrected chi connectivity index (χ1v) is 33.4. The SMILES string of the molecule is CCCCCCCCCCCCCCCCCCCCCCC/C=C/CC/C=C/CC/C=C/C(O)C(COP(=O)(O)OCC[N+](C)(C)C)NC(=O)CCCCCCCCCCCCCCCCCCCCCC. The van der Waals surface area contributed by atoms with Crippen LogP contribution in [0.4, 0.5) is 0 Å². The number of hydrogen-bond acceptors (Lipinski definition) is 5. The topological polar surface area (TPSA) is 105 Å². The zero-order chi connectivity index (χ0) is 53.5. The first-order chi connectivity index (χ1) is 35.5. The van der Waals surface area contributed by atoms with E-state index in [0.717, 1.165) is 44.9 Å². The fraction of sp³-hybridized carbons (Fsp3) is 0.891. The summed E-state index contributed by atoms with van der Waals surface area (Å²) in [6.45, 7) is 4.84. The summed E-state index contributed by atoms with van der Waals surface area (Å²) in [5.41, 5.74) is 0. The number of phosphoric ester groups is 1. The highest BCUT2D eigenvalue weighted by Gasteiger charge is 2.27. The summed E-state index contributed by atoms with van der Waals surface area (Å²) < 4.78 is 23.7. The fourth-order valence-corrected chi connectivity index (χ4v) is 10.3. The molecule has 0 bridgehead atoms. The average molecular weight is 1050 g/mol. The van der Waals surface area contributed by atoms with Crippen LogP contribution in [0.5, 0.6) is 0 Å². The lowest BCUT2D eigenvalue weighted by atomic mass is 10.0. The number of quaternary nitrogens is 1. The quantitative estimate of drug-likeness (QED) is 0.0243. The van der Waals surface area contributed by atoms with Gasteiger partial charge < -0.3 is 19.8 Å². The Hall–Kier alpha value is -1.28. The number of aliphatic hydroxyl groups is 1. The van der Waals surface area contributed by atoms with Gasteiger partial charge in [-0.3, -0.25) is 13.8 Å². The normalized spacial score (nSPS) is 14.0. The second kappa shape index (κ2) is 55.5. The molecule has 0 spiro atoms. The Morgan fingerprint density at radius 3 is 1.10 bits per heavy atom. The molecule has 432 valence electrons. The highest BCUT2D eigenvalue weighted by Crippen LogP contribution is 2.43. The second-order valence-electron chi connectivity index (χ2n) is 23.1. The fourth-order valence-electron chi connectivity index (χ4n) is 9.61. The Balaban J connectivity index is 4.16. The average Bonchev–Trinajstić information content (AvgIpc) is 3.35. The molecule has 0 aliphatic heterocycles. The monoisotopic (exact) mass is 1050 g/mol. The molecule has 0 aliphatic carbocycles. The lowest BCUT2D eigenvalue weighted by molar-refractivity contribution is -0.870. The van der Waals surface area contributed by atoms with Crippen molar-refractivity contribution in [3.05, 3.63) is 36.5 Å². The maximum Gasteiger partial charge on any atom is 0.472 e. The van der Waals surface area contributed by atoms with Crippen molar-refractivity contribution in [2.24, 2.45) is 0 Å². The van der Waals surface area contributed by atoms with Crippen LogP contribution in [0.15, 0.2) is 36.5 Å². The van der Waals surface area contributed by atoms with Gasteiger partial charge in [0.05, 0.1) is 39.9 Å². The number of likely N-dealkylation sites (N-methyl/N-ethyl adjacent to an activating group) is 1. The molecule has 73 heavy (non-hydrogen) atoms. The van der Waals surface area contributed by atoms with Gasteiger partial charge in [-0.2, -0.15) is 0 Å². The minimum Gasteiger partial charge on any atom is -0.387 e. The van der Waals surface area contributed by atoms with Gasteiger partial charge in [0.15, 0.2) is 0 Å². The maximum atomic E-state index is 13.0. The Kier molecular flexibility index (Phi) is 54.5. The number of carbonyl (C=O) groups is 1. The number of phosphoric acid groups is 1. The van der Waals surface area contributed by atoms with Crippen LogP contribution in [0.3, 0.4) is 0 Å². The zero-order valence-corrected chi connectivity index (χ0v) is 50.3. The van der Waals surface area contributed by atoms with E-state index in [0.29, 0.717) is 17.4 Å². The van der Waals surface area contributed by atoms with Crippen molar-refractivity contribution in [2.75, 3.05) is 40.9 Å². The maximum absolute atomic E-state index is 13.0. The van der Waals surface area contributed by atoms with E-state index in [2.05, 4.69) is 43.5 Å². The number of hydrogen-bond donors (Lipinski definition) is 3. The van der Waals surface area contributed by atoms with E-state index < -0.39 is 20.0 Å². The van der Waals surface area contributed by atoms with Gasteiger partial charge in [-0.25, -0.2) is 4.57 Å². The summed E-state index contributed by atoms with van der Waals surface area (Å²) in [6.07, 6.45) is 72.8. The largest absolute Gasteiger partial charge is 0.472 e. The number of carbonyl (C=O) groups excluding carboxylic acids is 1. The third kappa shape index (κ3) is 58.2. The van der Waals surface area contributed by atoms with Crippen molar-refractivity contribution in [3.63, 3.8) is 0 Å². The van der Waals surface area contributed by atoms with Crippen molar-refractivity contribution in [3.8, 4) is 0 Å². The molecule has 0 heterocycles. The zero-order valence-electron chi connectivity index (χ0n) is 49.4. The molecule has 3 unspecified atom stereocenters. The van der Waals surface area contributed by atoms with Gasteiger partial charge in [0.2, 0.25) is 5.91 Å². The van der Waals surface area contributed by atoms with E-state index >= 15 is 0 Å². The summed E-state index contributed by atoms with van der Waals surface area (Å²) in [4.78, 5) is 23.3. The van der Waals surface area contributed by atoms with E-state index in [1.807, 2.05) is 27.2 Å². The molecule has 8 nitrogen and oxygen atoms in total. The van der Waals surface area contributed by atoms with Gasteiger partial charge in [-0.05, 0) is 44.9 Å². The van der Waals surface area contributed by atoms with Crippen LogP contribution in [0.2, 0.25) is 0 Å². The number of nitrogens with zero attached hydrogens (tertiary/aromatic N) is 1. The van der Waals surface area contributed by atoms with Gasteiger partial charge in [-0.1, -0.05) is 301 Å². The predicted octanol–water partition coefficient (Wildman–Crippen LogP) is 19.7. The van der Waals surface area contributed by atoms with Crippen LogP contribution in [-0.2, 0) is 18.4 Å². The molecule has 0 fully saturated rings. The first kappa shape index (κ1) is 71.7. The number of amides is 1. The highest BCUT2D eigenvalue weighted by molar-refractivity contribution is 7.47. The number of aliphatic hydroxyl groups excluding tert-OH is 1. The summed E-state index contributed by atoms with van der Waals surface area (Å²) >= 11 is 0. The predicted molar refractivity (Wildman–Crippen MR) is 318 cm³/mol. The van der Waals surface area contributed by atoms with Crippen LogP contribution in [0.1, 0.15) is 316 Å². The number of nitrogens with one attached hydrogen (secondary N) is 1. The summed E-state index contributed by atoms with van der Waals surface area (Å²) in [6, 6.07) is -0.868. The van der Waals surface area contributed by atoms with Gasteiger partial charge in [0.25, 0.3) is 0 Å². The molecule has 0 radical (unpaired) electrons. The summed E-state index contributed by atoms with van der Waals surface area (Å²) in [7, 11) is 1.56. The van der Waals surface area contributed by atoms with Gasteiger partial charge >= 0.3 is 7.82 Å². The lowest BCUT2D eigenvalue weighted by Crippen LogP contribution is -2.45. The van der Waals surface area contributed by atoms with Gasteiger partial charge in [0.1, 0.15) is 13.2 Å². The number of unbranched alkanes of at least 4 members (excludes halogenated alkanes) is 42. The van der Waals surface area contributed by atoms with Crippen LogP contribution >= 0.6 is 7.82 Å². The molecule has 0 aromatic heterocycles. The molecule has 1 amide bonds. The van der Waals surface area contributed by atoms with E-state index in [-0.39, 0.29) is 19.1 Å². The van der Waals surface area contributed by atoms with Gasteiger partial charge in [0, 0.05) is 6.42 Å². The third-order valence-corrected chi connectivity index (χ3v) is 15.6. The third-order valence-electron chi connectivity index (χ3n) is 14.6. The van der Waals surface area contributed by atoms with Crippen LogP contribution in [0.25, 0.3) is 0 Å². The molecule has 0 aliphatic rings. The molecule has 0 saturated carbocycles. The van der Waals surface area contributed by atoms with Crippen molar-refractivity contribution in [1.29, 1.82) is 0 Å². The van der Waals surface area contributed by atoms with Crippen molar-refractivity contribution in [2.45, 2.75) is 328 Å². The van der Waals surface area contributed by atoms with E-state index in [1.54, 1.807) is 6.08 Å². The molecule has 9 heteroatoms. The van der Waals surface area contributed by atoms with Crippen molar-refractivity contribution in [1.82, 2.24) is 5.32 Å². The Labute approximate surface area is 455 Å². The Morgan fingerprint density at radius 1 is 0.452 bits per heavy atom. The molecule has 0 aromatic carbocycles. The molecule has 0 aromatic rings. The first-order valence-electron chi connectivity index (χ1n) is 31.9. The minimum absolute atomic E-state index is 0.0552. The van der Waals surface area contributed by atoms with Crippen LogP contribution in [0, 0.1) is 0 Å². The van der Waals surface area contributed by atoms with Gasteiger partial charge in [-0.15, -0.1) is 0 Å². The van der Waals surface area contributed by atoms with Crippen molar-refractivity contribution < 1.29 is 32.9 Å².